The van der Waals surface area contributed by atoms with Crippen LogP contribution in [-0.4, -0.2) is 42.0 Å². The van der Waals surface area contributed by atoms with Crippen LogP contribution in [0, 0.1) is 0 Å². The van der Waals surface area contributed by atoms with Crippen molar-refractivity contribution in [2.75, 3.05) is 20.1 Å². The number of rotatable bonds is 2. The van der Waals surface area contributed by atoms with Gasteiger partial charge in [0.25, 0.3) is 0 Å². The van der Waals surface area contributed by atoms with E-state index in [9.17, 15) is 0 Å². The van der Waals surface area contributed by atoms with Gasteiger partial charge in [0.15, 0.2) is 0 Å². The maximum Gasteiger partial charge on any atom is 0.0234 e. The molecule has 2 atom stereocenters. The van der Waals surface area contributed by atoms with Crippen LogP contribution < -0.4 is 5.32 Å². The van der Waals surface area contributed by atoms with Crippen molar-refractivity contribution in [2.45, 2.75) is 51.0 Å². The van der Waals surface area contributed by atoms with E-state index >= 15 is 0 Å². The first kappa shape index (κ1) is 12.8. The van der Waals surface area contributed by atoms with Crippen molar-refractivity contribution in [1.29, 1.82) is 0 Å². The lowest BCUT2D eigenvalue weighted by atomic mass is 10.0. The molecule has 2 bridgehead atoms. The Labute approximate surface area is 121 Å². The lowest BCUT2D eigenvalue weighted by Crippen LogP contribution is -2.36. The van der Waals surface area contributed by atoms with Crippen molar-refractivity contribution in [1.82, 2.24) is 15.1 Å². The fourth-order valence-electron chi connectivity index (χ4n) is 4.23. The molecule has 1 N–H and O–H groups in total. The van der Waals surface area contributed by atoms with Gasteiger partial charge >= 0.3 is 0 Å². The van der Waals surface area contributed by atoms with Crippen LogP contribution in [0.3, 0.4) is 0 Å². The van der Waals surface area contributed by atoms with Crippen molar-refractivity contribution < 1.29 is 0 Å². The van der Waals surface area contributed by atoms with Crippen molar-refractivity contribution in [2.24, 2.45) is 0 Å². The maximum absolute atomic E-state index is 3.44. The molecule has 0 aromatic heterocycles. The number of nitrogens with one attached hydrogen (secondary N) is 1. The van der Waals surface area contributed by atoms with Crippen LogP contribution in [0.1, 0.15) is 36.0 Å². The first-order valence-corrected chi connectivity index (χ1v) is 8.05. The molecular formula is C17H25N3. The molecule has 3 aliphatic heterocycles. The average molecular weight is 271 g/mol. The van der Waals surface area contributed by atoms with E-state index in [1.165, 1.54) is 49.0 Å². The third kappa shape index (κ3) is 2.28. The molecule has 108 valence electrons. The van der Waals surface area contributed by atoms with Gasteiger partial charge in [0.05, 0.1) is 0 Å². The largest absolute Gasteiger partial charge is 0.309 e. The molecule has 3 heterocycles. The highest BCUT2D eigenvalue weighted by atomic mass is 15.3. The third-order valence-corrected chi connectivity index (χ3v) is 5.54. The minimum absolute atomic E-state index is 0.790. The van der Waals surface area contributed by atoms with Gasteiger partial charge in [0, 0.05) is 44.8 Å². The third-order valence-electron chi connectivity index (χ3n) is 5.54. The Hall–Kier alpha value is -0.900. The van der Waals surface area contributed by atoms with Crippen molar-refractivity contribution in [3.63, 3.8) is 0 Å². The predicted octanol–water partition coefficient (Wildman–Crippen LogP) is 1.96. The van der Waals surface area contributed by atoms with Crippen LogP contribution in [-0.2, 0) is 19.6 Å². The molecule has 1 aromatic rings. The highest BCUT2D eigenvalue weighted by Crippen LogP contribution is 2.29. The lowest BCUT2D eigenvalue weighted by molar-refractivity contribution is 0.214. The summed E-state index contributed by atoms with van der Waals surface area (Å²) in [6.45, 7) is 5.75. The zero-order valence-corrected chi connectivity index (χ0v) is 12.4. The number of hydrogen-bond acceptors (Lipinski definition) is 3. The van der Waals surface area contributed by atoms with Gasteiger partial charge in [-0.05, 0) is 43.0 Å². The van der Waals surface area contributed by atoms with Crippen molar-refractivity contribution in [3.8, 4) is 0 Å². The molecule has 20 heavy (non-hydrogen) atoms. The molecule has 0 radical (unpaired) electrons. The van der Waals surface area contributed by atoms with Crippen molar-refractivity contribution >= 4 is 0 Å². The minimum Gasteiger partial charge on any atom is -0.309 e. The van der Waals surface area contributed by atoms with Gasteiger partial charge in [0.1, 0.15) is 0 Å². The maximum atomic E-state index is 3.44. The summed E-state index contributed by atoms with van der Waals surface area (Å²) in [6, 6.07) is 8.70. The Morgan fingerprint density at radius 2 is 1.95 bits per heavy atom. The van der Waals surface area contributed by atoms with Crippen LogP contribution in [0.15, 0.2) is 18.2 Å². The molecule has 0 spiro atoms. The molecule has 2 unspecified atom stereocenters. The number of likely N-dealkylation sites (N-methyl/N-ethyl adjacent to an activating group) is 1. The summed E-state index contributed by atoms with van der Waals surface area (Å²) in [6.07, 6.45) is 4.16. The van der Waals surface area contributed by atoms with E-state index in [1.54, 1.807) is 0 Å². The molecular weight excluding hydrogens is 246 g/mol. The topological polar surface area (TPSA) is 18.5 Å². The number of fused-ring (bicyclic) bond motifs is 3. The van der Waals surface area contributed by atoms with E-state index < -0.39 is 0 Å². The van der Waals surface area contributed by atoms with Gasteiger partial charge in [-0.1, -0.05) is 18.2 Å². The summed E-state index contributed by atoms with van der Waals surface area (Å²) in [5.41, 5.74) is 4.49. The zero-order chi connectivity index (χ0) is 13.5. The van der Waals surface area contributed by atoms with Gasteiger partial charge < -0.3 is 5.32 Å². The van der Waals surface area contributed by atoms with Crippen molar-refractivity contribution in [3.05, 3.63) is 34.9 Å². The Morgan fingerprint density at radius 3 is 2.90 bits per heavy atom. The molecule has 4 rings (SSSR count). The summed E-state index contributed by atoms with van der Waals surface area (Å²) in [5.74, 6) is 0. The number of likely N-dealkylation sites (tertiary alicyclic amines) is 1. The molecule has 3 heteroatoms. The van der Waals surface area contributed by atoms with E-state index in [1.807, 2.05) is 0 Å². The Balaban J connectivity index is 1.46. The monoisotopic (exact) mass is 271 g/mol. The van der Waals surface area contributed by atoms with Crippen LogP contribution in [0.5, 0.6) is 0 Å². The molecule has 1 aromatic carbocycles. The van der Waals surface area contributed by atoms with E-state index in [2.05, 4.69) is 40.4 Å². The molecule has 0 aliphatic carbocycles. The standard InChI is InChI=1S/C17H25N3/c1-19-16-4-5-17(19)12-20(7-6-16)11-13-2-3-14-9-18-10-15(14)8-13/h2-3,8,16-18H,4-7,9-12H2,1H3. The summed E-state index contributed by atoms with van der Waals surface area (Å²) in [4.78, 5) is 5.30. The number of nitrogens with zero attached hydrogens (tertiary/aromatic N) is 2. The smallest absolute Gasteiger partial charge is 0.0234 e. The molecule has 2 saturated heterocycles. The Morgan fingerprint density at radius 1 is 1.10 bits per heavy atom. The molecule has 3 aliphatic rings. The van der Waals surface area contributed by atoms with E-state index in [-0.39, 0.29) is 0 Å². The number of benzene rings is 1. The van der Waals surface area contributed by atoms with Gasteiger partial charge in [0.2, 0.25) is 0 Å². The minimum atomic E-state index is 0.790. The fraction of sp³-hybridized carbons (Fsp3) is 0.647. The summed E-state index contributed by atoms with van der Waals surface area (Å²) >= 11 is 0. The Bertz CT molecular complexity index is 499. The lowest BCUT2D eigenvalue weighted by Gasteiger charge is -2.25. The summed E-state index contributed by atoms with van der Waals surface area (Å²) in [5, 5.41) is 3.44. The SMILES string of the molecule is CN1C2CCC1CN(Cc1ccc3c(c1)CNC3)CC2. The van der Waals surface area contributed by atoms with Crippen LogP contribution >= 0.6 is 0 Å². The highest BCUT2D eigenvalue weighted by Gasteiger charge is 2.34. The summed E-state index contributed by atoms with van der Waals surface area (Å²) in [7, 11) is 2.33. The summed E-state index contributed by atoms with van der Waals surface area (Å²) < 4.78 is 0. The fourth-order valence-corrected chi connectivity index (χ4v) is 4.23. The van der Waals surface area contributed by atoms with Gasteiger partial charge in [-0.15, -0.1) is 0 Å². The number of hydrogen-bond donors (Lipinski definition) is 1. The van der Waals surface area contributed by atoms with E-state index in [0.29, 0.717) is 0 Å². The molecule has 3 nitrogen and oxygen atoms in total. The Kier molecular flexibility index (Phi) is 3.29. The first-order chi connectivity index (χ1) is 9.79. The van der Waals surface area contributed by atoms with Crippen LogP contribution in [0.4, 0.5) is 0 Å². The first-order valence-electron chi connectivity index (χ1n) is 8.05. The normalized spacial score (nSPS) is 30.4. The average Bonchev–Trinajstić information content (AvgIpc) is 2.98. The van der Waals surface area contributed by atoms with E-state index in [4.69, 9.17) is 0 Å². The highest BCUT2D eigenvalue weighted by molar-refractivity contribution is 5.34. The molecule has 0 saturated carbocycles. The van der Waals surface area contributed by atoms with Gasteiger partial charge in [-0.2, -0.15) is 0 Å². The quantitative estimate of drug-likeness (QED) is 0.887. The van der Waals surface area contributed by atoms with E-state index in [0.717, 1.165) is 31.7 Å². The van der Waals surface area contributed by atoms with Crippen LogP contribution in [0.25, 0.3) is 0 Å². The second-order valence-electron chi connectivity index (χ2n) is 6.78. The van der Waals surface area contributed by atoms with Gasteiger partial charge in [-0.25, -0.2) is 0 Å². The van der Waals surface area contributed by atoms with Crippen LogP contribution in [0.2, 0.25) is 0 Å². The van der Waals surface area contributed by atoms with Gasteiger partial charge in [-0.3, -0.25) is 9.80 Å². The molecule has 0 amide bonds. The second-order valence-corrected chi connectivity index (χ2v) is 6.78. The zero-order valence-electron chi connectivity index (χ0n) is 12.4. The molecule has 2 fully saturated rings. The second kappa shape index (κ2) is 5.14. The predicted molar refractivity (Wildman–Crippen MR) is 81.5 cm³/mol.